The Hall–Kier alpha value is -2.38. The largest absolute Gasteiger partial charge is 0.493 e. The van der Waals surface area contributed by atoms with Crippen molar-refractivity contribution in [1.29, 1.82) is 0 Å². The number of amides is 1. The van der Waals surface area contributed by atoms with Gasteiger partial charge in [-0.15, -0.1) is 0 Å². The van der Waals surface area contributed by atoms with Gasteiger partial charge in [0.25, 0.3) is 5.91 Å². The Labute approximate surface area is 165 Å². The fourth-order valence-corrected chi connectivity index (χ4v) is 3.76. The zero-order chi connectivity index (χ0) is 19.3. The molecule has 4 rings (SSSR count). The molecule has 2 aliphatic heterocycles. The number of benzene rings is 1. The van der Waals surface area contributed by atoms with Crippen molar-refractivity contribution in [2.45, 2.75) is 32.4 Å². The lowest BCUT2D eigenvalue weighted by atomic mass is 10.2. The Kier molecular flexibility index (Phi) is 5.92. The molecule has 0 aliphatic carbocycles. The molecule has 2 aromatic rings. The fourth-order valence-electron chi connectivity index (χ4n) is 3.76. The molecule has 3 heterocycles. The third-order valence-corrected chi connectivity index (χ3v) is 5.24. The van der Waals surface area contributed by atoms with Crippen molar-refractivity contribution in [2.75, 3.05) is 39.4 Å². The van der Waals surface area contributed by atoms with Gasteiger partial charge in [-0.1, -0.05) is 12.1 Å². The molecule has 2 aliphatic rings. The van der Waals surface area contributed by atoms with E-state index in [1.165, 1.54) is 0 Å². The molecule has 1 amide bonds. The summed E-state index contributed by atoms with van der Waals surface area (Å²) in [6.45, 7) is 7.10. The van der Waals surface area contributed by atoms with Gasteiger partial charge < -0.3 is 18.8 Å². The molecule has 2 fully saturated rings. The molecule has 7 heteroatoms. The summed E-state index contributed by atoms with van der Waals surface area (Å²) < 4.78 is 16.9. The summed E-state index contributed by atoms with van der Waals surface area (Å²) in [7, 11) is 0. The number of oxazole rings is 1. The second-order valence-corrected chi connectivity index (χ2v) is 7.18. The van der Waals surface area contributed by atoms with E-state index in [0.29, 0.717) is 25.6 Å². The Morgan fingerprint density at radius 1 is 1.25 bits per heavy atom. The number of nitrogens with zero attached hydrogens (tertiary/aromatic N) is 3. The Bertz CT molecular complexity index is 792. The summed E-state index contributed by atoms with van der Waals surface area (Å²) in [5.74, 6) is 1.50. The lowest BCUT2D eigenvalue weighted by molar-refractivity contribution is -0.142. The average Bonchev–Trinajstić information content (AvgIpc) is 3.41. The molecule has 1 atom stereocenters. The van der Waals surface area contributed by atoms with E-state index in [1.807, 2.05) is 36.1 Å². The molecule has 7 nitrogen and oxygen atoms in total. The quantitative estimate of drug-likeness (QED) is 0.761. The average molecular weight is 385 g/mol. The first kappa shape index (κ1) is 19.0. The second kappa shape index (κ2) is 8.75. The van der Waals surface area contributed by atoms with E-state index in [-0.39, 0.29) is 12.0 Å². The number of hydrogen-bond donors (Lipinski definition) is 0. The van der Waals surface area contributed by atoms with Crippen molar-refractivity contribution >= 4 is 5.91 Å². The van der Waals surface area contributed by atoms with E-state index < -0.39 is 0 Å². The van der Waals surface area contributed by atoms with E-state index in [1.54, 1.807) is 6.26 Å². The summed E-state index contributed by atoms with van der Waals surface area (Å²) in [6.07, 6.45) is 3.32. The topological polar surface area (TPSA) is 68.0 Å². The molecule has 1 aromatic heterocycles. The van der Waals surface area contributed by atoms with Crippen molar-refractivity contribution in [3.63, 3.8) is 0 Å². The molecular weight excluding hydrogens is 358 g/mol. The smallest absolute Gasteiger partial charge is 0.251 e. The Morgan fingerprint density at radius 3 is 2.82 bits per heavy atom. The predicted octanol–water partition coefficient (Wildman–Crippen LogP) is 2.56. The molecule has 150 valence electrons. The van der Waals surface area contributed by atoms with Crippen LogP contribution < -0.4 is 4.74 Å². The minimum Gasteiger partial charge on any atom is -0.493 e. The van der Waals surface area contributed by atoms with E-state index >= 15 is 0 Å². The maximum Gasteiger partial charge on any atom is 0.251 e. The van der Waals surface area contributed by atoms with Crippen LogP contribution in [0.25, 0.3) is 11.5 Å². The van der Waals surface area contributed by atoms with E-state index in [2.05, 4.69) is 9.88 Å². The standard InChI is InChI=1S/C21H27N3O4/c1-2-26-18-7-4-3-6-17(18)20-22-16(15-28-20)14-23-9-11-24(12-10-23)21(25)19-8-5-13-27-19/h3-4,6-7,15,19H,2,5,8-14H2,1H3. The van der Waals surface area contributed by atoms with Gasteiger partial charge in [0.05, 0.1) is 17.9 Å². The molecule has 2 saturated heterocycles. The molecular formula is C21H27N3O4. The van der Waals surface area contributed by atoms with E-state index in [0.717, 1.165) is 56.0 Å². The SMILES string of the molecule is CCOc1ccccc1-c1nc(CN2CCN(C(=O)C3CCCO3)CC2)co1. The summed E-state index contributed by atoms with van der Waals surface area (Å²) in [5, 5.41) is 0. The highest BCUT2D eigenvalue weighted by Crippen LogP contribution is 2.29. The molecule has 0 bridgehead atoms. The van der Waals surface area contributed by atoms with Crippen molar-refractivity contribution < 1.29 is 18.7 Å². The van der Waals surface area contributed by atoms with E-state index in [9.17, 15) is 4.79 Å². The van der Waals surface area contributed by atoms with Crippen molar-refractivity contribution in [3.8, 4) is 17.2 Å². The maximum absolute atomic E-state index is 12.5. The zero-order valence-corrected chi connectivity index (χ0v) is 16.3. The first-order valence-corrected chi connectivity index (χ1v) is 10.0. The second-order valence-electron chi connectivity index (χ2n) is 7.18. The number of carbonyl (C=O) groups excluding carboxylic acids is 1. The third kappa shape index (κ3) is 4.20. The molecule has 28 heavy (non-hydrogen) atoms. The summed E-state index contributed by atoms with van der Waals surface area (Å²) >= 11 is 0. The van der Waals surface area contributed by atoms with Gasteiger partial charge in [-0.25, -0.2) is 4.98 Å². The van der Waals surface area contributed by atoms with Crippen molar-refractivity contribution in [2.24, 2.45) is 0 Å². The number of hydrogen-bond acceptors (Lipinski definition) is 6. The first-order valence-electron chi connectivity index (χ1n) is 10.0. The van der Waals surface area contributed by atoms with Gasteiger partial charge >= 0.3 is 0 Å². The van der Waals surface area contributed by atoms with Gasteiger partial charge in [0.1, 0.15) is 18.1 Å². The van der Waals surface area contributed by atoms with Crippen LogP contribution in [0.1, 0.15) is 25.5 Å². The zero-order valence-electron chi connectivity index (χ0n) is 16.3. The number of ether oxygens (including phenoxy) is 2. The highest BCUT2D eigenvalue weighted by atomic mass is 16.5. The van der Waals surface area contributed by atoms with Gasteiger partial charge in [-0.05, 0) is 31.9 Å². The summed E-state index contributed by atoms with van der Waals surface area (Å²) in [6, 6.07) is 7.77. The number of piperazine rings is 1. The molecule has 0 spiro atoms. The van der Waals surface area contributed by atoms with Crippen LogP contribution in [0.4, 0.5) is 0 Å². The molecule has 0 saturated carbocycles. The molecule has 1 aromatic carbocycles. The van der Waals surface area contributed by atoms with Crippen LogP contribution >= 0.6 is 0 Å². The normalized spacial score (nSPS) is 20.5. The maximum atomic E-state index is 12.5. The van der Waals surface area contributed by atoms with Gasteiger partial charge in [-0.3, -0.25) is 9.69 Å². The number of carbonyl (C=O) groups is 1. The van der Waals surface area contributed by atoms with Gasteiger partial charge in [0.2, 0.25) is 5.89 Å². The van der Waals surface area contributed by atoms with Crippen LogP contribution in [-0.4, -0.2) is 66.2 Å². The van der Waals surface area contributed by atoms with Gasteiger partial charge in [-0.2, -0.15) is 0 Å². The highest BCUT2D eigenvalue weighted by molar-refractivity contribution is 5.81. The van der Waals surface area contributed by atoms with Crippen molar-refractivity contribution in [1.82, 2.24) is 14.8 Å². The van der Waals surface area contributed by atoms with Crippen LogP contribution in [0.5, 0.6) is 5.75 Å². The third-order valence-electron chi connectivity index (χ3n) is 5.24. The van der Waals surface area contributed by atoms with Gasteiger partial charge in [0, 0.05) is 39.3 Å². The lowest BCUT2D eigenvalue weighted by Crippen LogP contribution is -2.51. The van der Waals surface area contributed by atoms with Crippen LogP contribution in [-0.2, 0) is 16.1 Å². The molecule has 0 radical (unpaired) electrons. The minimum absolute atomic E-state index is 0.147. The number of aromatic nitrogens is 1. The predicted molar refractivity (Wildman–Crippen MR) is 104 cm³/mol. The Balaban J connectivity index is 1.33. The summed E-state index contributed by atoms with van der Waals surface area (Å²) in [5.41, 5.74) is 1.75. The molecule has 0 N–H and O–H groups in total. The monoisotopic (exact) mass is 385 g/mol. The highest BCUT2D eigenvalue weighted by Gasteiger charge is 2.30. The van der Waals surface area contributed by atoms with Crippen LogP contribution in [0.3, 0.4) is 0 Å². The summed E-state index contributed by atoms with van der Waals surface area (Å²) in [4.78, 5) is 21.3. The minimum atomic E-state index is -0.227. The number of para-hydroxylation sites is 1. The first-order chi connectivity index (χ1) is 13.7. The number of rotatable bonds is 6. The molecule has 1 unspecified atom stereocenters. The van der Waals surface area contributed by atoms with Crippen LogP contribution in [0, 0.1) is 0 Å². The van der Waals surface area contributed by atoms with E-state index in [4.69, 9.17) is 13.9 Å². The van der Waals surface area contributed by atoms with Crippen LogP contribution in [0.15, 0.2) is 34.9 Å². The van der Waals surface area contributed by atoms with Crippen molar-refractivity contribution in [3.05, 3.63) is 36.2 Å². The lowest BCUT2D eigenvalue weighted by Gasteiger charge is -2.35. The van der Waals surface area contributed by atoms with Crippen LogP contribution in [0.2, 0.25) is 0 Å². The fraction of sp³-hybridized carbons (Fsp3) is 0.524. The Morgan fingerprint density at radius 2 is 2.07 bits per heavy atom. The van der Waals surface area contributed by atoms with Gasteiger partial charge in [0.15, 0.2) is 0 Å².